The molecule has 6 aromatic carbocycles. The first-order valence-electron chi connectivity index (χ1n) is 22.3. The molecule has 0 heterocycles. The smallest absolute Gasteiger partial charge is 0.416 e. The Bertz CT molecular complexity index is 2390. The van der Waals surface area contributed by atoms with Gasteiger partial charge >= 0.3 is 66.6 Å². The number of hydrogen-bond acceptors (Lipinski definition) is 0. The SMILES string of the molecule is C[Si](C)=[Zr+2].Cc1ccc(-c2cc(C(F)(F)F)cc(C(F)(F)F)c2)c2cc(CC3CCCCC3)[cH-]c12.Cc1ccc(-c2cc(C(F)(F)F)cc(C(F)(F)F)c2)c2cc(CC3CCCCC3)[cH-]c12.[Cl-].[Cl-]. The summed E-state index contributed by atoms with van der Waals surface area (Å²) >= 11 is 1.74. The van der Waals surface area contributed by atoms with E-state index in [0.29, 0.717) is 33.7 Å². The van der Waals surface area contributed by atoms with Crippen molar-refractivity contribution in [3.8, 4) is 22.3 Å². The van der Waals surface area contributed by atoms with Gasteiger partial charge in [0.2, 0.25) is 0 Å². The molecule has 0 aromatic heterocycles. The third-order valence-corrected chi connectivity index (χ3v) is 12.6. The molecule has 2 aliphatic rings. The van der Waals surface area contributed by atoms with Crippen LogP contribution in [0, 0.1) is 25.7 Å². The van der Waals surface area contributed by atoms with Gasteiger partial charge < -0.3 is 24.8 Å². The van der Waals surface area contributed by atoms with Crippen LogP contribution in [0.4, 0.5) is 52.7 Å². The molecule has 0 atom stereocenters. The molecule has 8 rings (SSSR count). The maximum Gasteiger partial charge on any atom is 0.416 e. The number of aryl methyl sites for hydroxylation is 2. The normalized spacial score (nSPS) is 15.2. The van der Waals surface area contributed by atoms with Crippen LogP contribution in [-0.2, 0) is 60.9 Å². The van der Waals surface area contributed by atoms with Gasteiger partial charge in [0.25, 0.3) is 0 Å². The first kappa shape index (κ1) is 57.5. The second-order valence-electron chi connectivity index (χ2n) is 18.2. The molecule has 0 amide bonds. The van der Waals surface area contributed by atoms with E-state index in [2.05, 4.69) is 13.1 Å². The van der Waals surface area contributed by atoms with Crippen LogP contribution in [0.3, 0.4) is 0 Å². The van der Waals surface area contributed by atoms with Gasteiger partial charge in [-0.25, -0.2) is 0 Å². The minimum atomic E-state index is -4.86. The number of alkyl halides is 12. The minimum Gasteiger partial charge on any atom is -1.00 e. The van der Waals surface area contributed by atoms with Crippen LogP contribution < -0.4 is 24.8 Å². The van der Waals surface area contributed by atoms with E-state index < -0.39 is 47.0 Å². The fraction of sp³-hybridized carbons (Fsp3) is 0.423. The monoisotopic (exact) mass is 1090 g/mol. The molecule has 2 fully saturated rings. The molecule has 368 valence electrons. The summed E-state index contributed by atoms with van der Waals surface area (Å²) in [4.78, 5) is 0. The van der Waals surface area contributed by atoms with Gasteiger partial charge in [-0.15, -0.1) is 68.1 Å². The van der Waals surface area contributed by atoms with Crippen molar-refractivity contribution < 1.29 is 101 Å². The van der Waals surface area contributed by atoms with E-state index in [1.54, 1.807) is 47.6 Å². The minimum absolute atomic E-state index is 0. The summed E-state index contributed by atoms with van der Waals surface area (Å²) in [6.07, 6.45) is -5.68. The Kier molecular flexibility index (Phi) is 19.8. The van der Waals surface area contributed by atoms with E-state index >= 15 is 0 Å². The van der Waals surface area contributed by atoms with Gasteiger partial charge in [0, 0.05) is 0 Å². The summed E-state index contributed by atoms with van der Waals surface area (Å²) in [6, 6.07) is 18.3. The molecule has 0 radical (unpaired) electrons. The van der Waals surface area contributed by atoms with Crippen molar-refractivity contribution in [1.29, 1.82) is 0 Å². The van der Waals surface area contributed by atoms with Crippen LogP contribution in [0.5, 0.6) is 0 Å². The van der Waals surface area contributed by atoms with Crippen LogP contribution in [0.15, 0.2) is 84.9 Å². The van der Waals surface area contributed by atoms with Gasteiger partial charge in [-0.05, 0) is 72.2 Å². The van der Waals surface area contributed by atoms with Crippen molar-refractivity contribution in [3.05, 3.63) is 129 Å². The van der Waals surface area contributed by atoms with Crippen molar-refractivity contribution in [2.24, 2.45) is 11.8 Å². The van der Waals surface area contributed by atoms with Crippen LogP contribution in [0.25, 0.3) is 43.8 Å². The zero-order valence-corrected chi connectivity index (χ0v) is 43.0. The molecule has 6 aromatic rings. The van der Waals surface area contributed by atoms with Crippen molar-refractivity contribution >= 4 is 27.0 Å². The molecule has 2 aliphatic carbocycles. The van der Waals surface area contributed by atoms with E-state index in [0.717, 1.165) is 95.8 Å². The number of hydrogen-bond donors (Lipinski definition) is 0. The molecular weight excluding hydrogens is 1040 g/mol. The molecule has 0 N–H and O–H groups in total. The predicted octanol–water partition coefficient (Wildman–Crippen LogP) is 12.2. The topological polar surface area (TPSA) is 0 Å². The van der Waals surface area contributed by atoms with Gasteiger partial charge in [0.1, 0.15) is 0 Å². The zero-order valence-electron chi connectivity index (χ0n) is 38.0. The molecular formula is C52H52Cl2F12SiZr-2. The maximum atomic E-state index is 13.3. The average Bonchev–Trinajstić information content (AvgIpc) is 3.86. The van der Waals surface area contributed by atoms with Gasteiger partial charge in [0.05, 0.1) is 22.3 Å². The molecule has 0 aliphatic heterocycles. The average molecular weight is 1100 g/mol. The second-order valence-corrected chi connectivity index (χ2v) is 27.6. The Morgan fingerprint density at radius 2 is 0.750 bits per heavy atom. The summed E-state index contributed by atoms with van der Waals surface area (Å²) in [6.45, 7) is 8.43. The van der Waals surface area contributed by atoms with E-state index in [1.807, 2.05) is 38.1 Å². The molecule has 0 spiro atoms. The number of halogens is 14. The van der Waals surface area contributed by atoms with Crippen molar-refractivity contribution in [2.45, 2.75) is 129 Å². The van der Waals surface area contributed by atoms with E-state index in [4.69, 9.17) is 0 Å². The van der Waals surface area contributed by atoms with Crippen LogP contribution in [-0.4, -0.2) is 5.43 Å². The summed E-state index contributed by atoms with van der Waals surface area (Å²) in [7, 11) is 0. The van der Waals surface area contributed by atoms with Crippen LogP contribution in [0.1, 0.15) is 109 Å². The fourth-order valence-corrected chi connectivity index (χ4v) is 9.42. The Morgan fingerprint density at radius 3 is 1.01 bits per heavy atom. The molecule has 0 saturated heterocycles. The van der Waals surface area contributed by atoms with Gasteiger partial charge in [0.15, 0.2) is 0 Å². The molecule has 0 bridgehead atoms. The number of benzene rings is 4. The van der Waals surface area contributed by atoms with Crippen molar-refractivity contribution in [3.63, 3.8) is 0 Å². The van der Waals surface area contributed by atoms with Crippen molar-refractivity contribution in [2.75, 3.05) is 0 Å². The Balaban J connectivity index is 0.000000268. The summed E-state index contributed by atoms with van der Waals surface area (Å²) in [5.74, 6) is 1.17. The Morgan fingerprint density at radius 1 is 0.471 bits per heavy atom. The molecule has 0 unspecified atom stereocenters. The van der Waals surface area contributed by atoms with Crippen LogP contribution >= 0.6 is 0 Å². The van der Waals surface area contributed by atoms with Gasteiger partial charge in [-0.2, -0.15) is 64.8 Å². The van der Waals surface area contributed by atoms with E-state index in [-0.39, 0.29) is 53.5 Å². The quantitative estimate of drug-likeness (QED) is 0.0886. The van der Waals surface area contributed by atoms with Gasteiger partial charge in [-0.1, -0.05) is 101 Å². The summed E-state index contributed by atoms with van der Waals surface area (Å²) in [5, 5.41) is 3.18. The largest absolute Gasteiger partial charge is 1.00 e. The number of fused-ring (bicyclic) bond motifs is 2. The second kappa shape index (κ2) is 23.4. The Labute approximate surface area is 417 Å². The standard InChI is InChI=1S/2C25H23F6.C2H6Si.2ClH.Zr/c2*1-15-7-8-21(18-12-19(24(26,27)28)14-20(13-18)25(29,30)31)23-11-17(10-22(15)23)9-16-5-3-2-4-6-16;1-3-2;;;/h2*7-8,10-14,16H,2-6,9H2,1H3;1-2H3;2*1H;/q2*-1;;;;+2/p-2. The third kappa shape index (κ3) is 15.0. The van der Waals surface area contributed by atoms with Gasteiger partial charge in [-0.3, -0.25) is 0 Å². The van der Waals surface area contributed by atoms with E-state index in [9.17, 15) is 52.7 Å². The van der Waals surface area contributed by atoms with E-state index in [1.165, 1.54) is 38.5 Å². The third-order valence-electron chi connectivity index (χ3n) is 12.6. The predicted molar refractivity (Wildman–Crippen MR) is 237 cm³/mol. The number of rotatable bonds is 6. The summed E-state index contributed by atoms with van der Waals surface area (Å²) < 4.78 is 160. The molecule has 16 heteroatoms. The molecule has 68 heavy (non-hydrogen) atoms. The van der Waals surface area contributed by atoms with Crippen molar-refractivity contribution in [1.82, 2.24) is 0 Å². The van der Waals surface area contributed by atoms with Crippen LogP contribution in [0.2, 0.25) is 13.1 Å². The Hall–Kier alpha value is -3.06. The molecule has 2 saturated carbocycles. The first-order chi connectivity index (χ1) is 30.8. The fourth-order valence-electron chi connectivity index (χ4n) is 9.42. The first-order valence-corrected chi connectivity index (χ1v) is 28.5. The zero-order chi connectivity index (χ0) is 48.4. The maximum absolute atomic E-state index is 13.3. The summed E-state index contributed by atoms with van der Waals surface area (Å²) in [5.41, 5.74) is -0.195. The molecule has 0 nitrogen and oxygen atoms in total.